The smallest absolute Gasteiger partial charge is 0.208 e. The van der Waals surface area contributed by atoms with Crippen LogP contribution in [-0.4, -0.2) is 36.5 Å². The number of pyridine rings is 2. The van der Waals surface area contributed by atoms with Crippen LogP contribution in [0.3, 0.4) is 0 Å². The lowest BCUT2D eigenvalue weighted by atomic mass is 10.1. The largest absolute Gasteiger partial charge is 0.356 e. The molecule has 1 saturated carbocycles. The minimum atomic E-state index is -0.744. The van der Waals surface area contributed by atoms with Gasteiger partial charge in [-0.15, -0.1) is 0 Å². The molecule has 7 nitrogen and oxygen atoms in total. The van der Waals surface area contributed by atoms with Crippen LogP contribution in [0, 0.1) is 5.92 Å². The van der Waals surface area contributed by atoms with Gasteiger partial charge in [0.1, 0.15) is 11.0 Å². The van der Waals surface area contributed by atoms with Gasteiger partial charge < -0.3 is 19.5 Å². The highest BCUT2D eigenvalue weighted by atomic mass is 35.5. The van der Waals surface area contributed by atoms with Gasteiger partial charge >= 0.3 is 0 Å². The molecular formula is C22H27ClN6O. The normalized spacial score (nSPS) is 19.7. The lowest BCUT2D eigenvalue weighted by molar-refractivity contribution is 0.157. The molecule has 1 fully saturated rings. The first-order valence-electron chi connectivity index (χ1n) is 10.6. The van der Waals surface area contributed by atoms with Crippen LogP contribution >= 0.6 is 11.6 Å². The molecule has 2 aliphatic rings. The number of aliphatic hydroxyl groups excluding tert-OH is 1. The Morgan fingerprint density at radius 3 is 2.73 bits per heavy atom. The van der Waals surface area contributed by atoms with E-state index in [9.17, 15) is 5.11 Å². The van der Waals surface area contributed by atoms with Gasteiger partial charge in [0.05, 0.1) is 29.6 Å². The number of halogens is 1. The van der Waals surface area contributed by atoms with E-state index in [0.717, 1.165) is 48.5 Å². The Kier molecular flexibility index (Phi) is 4.63. The van der Waals surface area contributed by atoms with Crippen molar-refractivity contribution in [2.24, 2.45) is 5.92 Å². The molecule has 1 N–H and O–H groups in total. The Morgan fingerprint density at radius 1 is 1.20 bits per heavy atom. The van der Waals surface area contributed by atoms with Crippen LogP contribution < -0.4 is 9.80 Å². The van der Waals surface area contributed by atoms with Gasteiger partial charge in [-0.2, -0.15) is 0 Å². The number of imidazole rings is 1. The SMILES string of the molecule is CC(C)CCn1c(CN2c3cnccc3N(C3(C)CC3)C2O)nc2nc(Cl)ccc21. The summed E-state index contributed by atoms with van der Waals surface area (Å²) in [5.74, 6) is 1.44. The van der Waals surface area contributed by atoms with Gasteiger partial charge in [0.25, 0.3) is 0 Å². The predicted octanol–water partition coefficient (Wildman–Crippen LogP) is 4.18. The molecular weight excluding hydrogens is 400 g/mol. The van der Waals surface area contributed by atoms with Crippen LogP contribution in [0.15, 0.2) is 30.6 Å². The van der Waals surface area contributed by atoms with E-state index in [1.54, 1.807) is 12.3 Å². The summed E-state index contributed by atoms with van der Waals surface area (Å²) >= 11 is 6.12. The summed E-state index contributed by atoms with van der Waals surface area (Å²) in [6, 6.07) is 5.78. The summed E-state index contributed by atoms with van der Waals surface area (Å²) in [5.41, 5.74) is 3.58. The minimum Gasteiger partial charge on any atom is -0.356 e. The predicted molar refractivity (Wildman–Crippen MR) is 119 cm³/mol. The highest BCUT2D eigenvalue weighted by molar-refractivity contribution is 6.29. The molecule has 1 aliphatic heterocycles. The first kappa shape index (κ1) is 19.6. The van der Waals surface area contributed by atoms with Gasteiger partial charge in [-0.05, 0) is 50.3 Å². The molecule has 3 aromatic heterocycles. The van der Waals surface area contributed by atoms with Crippen molar-refractivity contribution >= 4 is 34.1 Å². The van der Waals surface area contributed by atoms with Gasteiger partial charge in [-0.1, -0.05) is 25.4 Å². The summed E-state index contributed by atoms with van der Waals surface area (Å²) < 4.78 is 2.21. The van der Waals surface area contributed by atoms with Crippen LogP contribution in [-0.2, 0) is 13.1 Å². The highest BCUT2D eigenvalue weighted by Gasteiger charge is 2.51. The maximum atomic E-state index is 11.3. The molecule has 0 saturated heterocycles. The fraction of sp³-hybridized carbons (Fsp3) is 0.500. The van der Waals surface area contributed by atoms with Gasteiger partial charge in [0.2, 0.25) is 6.35 Å². The molecule has 5 rings (SSSR count). The fourth-order valence-electron chi connectivity index (χ4n) is 4.29. The van der Waals surface area contributed by atoms with Crippen LogP contribution in [0.2, 0.25) is 5.15 Å². The monoisotopic (exact) mass is 426 g/mol. The molecule has 1 atom stereocenters. The zero-order valence-electron chi connectivity index (χ0n) is 17.6. The molecule has 30 heavy (non-hydrogen) atoms. The zero-order chi connectivity index (χ0) is 21.0. The second kappa shape index (κ2) is 7.10. The fourth-order valence-corrected chi connectivity index (χ4v) is 4.44. The third kappa shape index (κ3) is 3.20. The maximum Gasteiger partial charge on any atom is 0.208 e. The Hall–Kier alpha value is -2.38. The molecule has 0 amide bonds. The average molecular weight is 427 g/mol. The number of rotatable bonds is 6. The zero-order valence-corrected chi connectivity index (χ0v) is 18.3. The number of hydrogen-bond donors (Lipinski definition) is 1. The average Bonchev–Trinajstić information content (AvgIpc) is 3.25. The lowest BCUT2D eigenvalue weighted by Crippen LogP contribution is -2.48. The van der Waals surface area contributed by atoms with E-state index >= 15 is 0 Å². The van der Waals surface area contributed by atoms with Crippen molar-refractivity contribution in [3.05, 3.63) is 41.6 Å². The van der Waals surface area contributed by atoms with Gasteiger partial charge in [0, 0.05) is 18.3 Å². The number of nitrogens with zero attached hydrogens (tertiary/aromatic N) is 6. The molecule has 4 heterocycles. The Morgan fingerprint density at radius 2 is 2.00 bits per heavy atom. The van der Waals surface area contributed by atoms with Crippen molar-refractivity contribution in [1.82, 2.24) is 19.5 Å². The lowest BCUT2D eigenvalue weighted by Gasteiger charge is -2.33. The van der Waals surface area contributed by atoms with Crippen LogP contribution in [0.25, 0.3) is 11.2 Å². The summed E-state index contributed by atoms with van der Waals surface area (Å²) in [6.07, 6.45) is 6.07. The van der Waals surface area contributed by atoms with Crippen molar-refractivity contribution in [1.29, 1.82) is 0 Å². The number of aliphatic hydroxyl groups is 1. The second-order valence-electron chi connectivity index (χ2n) is 9.04. The minimum absolute atomic E-state index is 0.00285. The van der Waals surface area contributed by atoms with Gasteiger partial charge in [0.15, 0.2) is 5.65 Å². The highest BCUT2D eigenvalue weighted by Crippen LogP contribution is 2.51. The van der Waals surface area contributed by atoms with E-state index in [1.807, 2.05) is 23.2 Å². The number of anilines is 2. The number of hydrogen-bond acceptors (Lipinski definition) is 6. The van der Waals surface area contributed by atoms with Crippen molar-refractivity contribution in [3.63, 3.8) is 0 Å². The van der Waals surface area contributed by atoms with E-state index in [2.05, 4.69) is 40.2 Å². The van der Waals surface area contributed by atoms with Gasteiger partial charge in [-0.25, -0.2) is 9.97 Å². The Bertz CT molecular complexity index is 1090. The summed E-state index contributed by atoms with van der Waals surface area (Å²) in [5, 5.41) is 11.7. The molecule has 8 heteroatoms. The molecule has 158 valence electrons. The van der Waals surface area contributed by atoms with Crippen LogP contribution in [0.1, 0.15) is 45.9 Å². The van der Waals surface area contributed by atoms with Gasteiger partial charge in [-0.3, -0.25) is 4.98 Å². The molecule has 1 unspecified atom stereocenters. The van der Waals surface area contributed by atoms with Crippen molar-refractivity contribution < 1.29 is 5.11 Å². The van der Waals surface area contributed by atoms with E-state index < -0.39 is 6.35 Å². The number of aromatic nitrogens is 4. The van der Waals surface area contributed by atoms with Crippen molar-refractivity contribution in [3.8, 4) is 0 Å². The number of fused-ring (bicyclic) bond motifs is 2. The third-order valence-corrected chi connectivity index (χ3v) is 6.52. The molecule has 1 aliphatic carbocycles. The Labute approximate surface area is 181 Å². The quantitative estimate of drug-likeness (QED) is 0.596. The molecule has 3 aromatic rings. The van der Waals surface area contributed by atoms with Crippen LogP contribution in [0.4, 0.5) is 11.4 Å². The third-order valence-electron chi connectivity index (χ3n) is 6.31. The second-order valence-corrected chi connectivity index (χ2v) is 9.43. The first-order chi connectivity index (χ1) is 14.4. The molecule has 0 bridgehead atoms. The van der Waals surface area contributed by atoms with E-state index in [1.165, 1.54) is 0 Å². The molecule has 0 radical (unpaired) electrons. The molecule has 0 aromatic carbocycles. The van der Waals surface area contributed by atoms with E-state index in [-0.39, 0.29) is 5.54 Å². The first-order valence-corrected chi connectivity index (χ1v) is 10.9. The van der Waals surface area contributed by atoms with Crippen molar-refractivity contribution in [2.45, 2.75) is 65.0 Å². The van der Waals surface area contributed by atoms with Crippen molar-refractivity contribution in [2.75, 3.05) is 9.80 Å². The summed E-state index contributed by atoms with van der Waals surface area (Å²) in [7, 11) is 0. The maximum absolute atomic E-state index is 11.3. The molecule has 0 spiro atoms. The van der Waals surface area contributed by atoms with Crippen LogP contribution in [0.5, 0.6) is 0 Å². The Balaban J connectivity index is 1.54. The number of aryl methyl sites for hydroxylation is 1. The topological polar surface area (TPSA) is 70.3 Å². The van der Waals surface area contributed by atoms with E-state index in [0.29, 0.717) is 23.3 Å². The summed E-state index contributed by atoms with van der Waals surface area (Å²) in [4.78, 5) is 17.6. The van der Waals surface area contributed by atoms with E-state index in [4.69, 9.17) is 16.6 Å². The standard InChI is InChI=1S/C22H27ClN6O/c1-14(2)7-11-27-16-4-5-18(23)25-20(16)26-19(27)13-28-17-12-24-10-6-15(17)29(21(28)30)22(3)8-9-22/h4-6,10,12,14,21,30H,7-9,11,13H2,1-3H3. The summed E-state index contributed by atoms with van der Waals surface area (Å²) in [6.45, 7) is 7.95.